The number of esters is 1. The van der Waals surface area contributed by atoms with E-state index in [0.717, 1.165) is 25.0 Å². The molecular weight excluding hydrogens is 442 g/mol. The smallest absolute Gasteiger partial charge is 0.481 e. The molecule has 0 saturated heterocycles. The molecular formula is C21H31NO9S. The summed E-state index contributed by atoms with van der Waals surface area (Å²) in [6.07, 6.45) is 4.74. The van der Waals surface area contributed by atoms with Gasteiger partial charge in [-0.1, -0.05) is 6.42 Å². The number of hydrogen-bond donors (Lipinski definition) is 2. The molecule has 0 radical (unpaired) electrons. The minimum Gasteiger partial charge on any atom is -0.481 e. The van der Waals surface area contributed by atoms with Crippen molar-refractivity contribution in [2.24, 2.45) is 5.92 Å². The number of nitrogens with one attached hydrogen (secondary N) is 1. The van der Waals surface area contributed by atoms with Crippen molar-refractivity contribution < 1.29 is 37.9 Å². The molecule has 0 unspecified atom stereocenters. The van der Waals surface area contributed by atoms with E-state index in [9.17, 15) is 24.0 Å². The van der Waals surface area contributed by atoms with Crippen LogP contribution in [0.4, 0.5) is 0 Å². The van der Waals surface area contributed by atoms with Crippen molar-refractivity contribution in [1.29, 1.82) is 0 Å². The molecule has 0 aromatic carbocycles. The van der Waals surface area contributed by atoms with Crippen molar-refractivity contribution in [1.82, 2.24) is 5.32 Å². The Bertz CT molecular complexity index is 814. The third-order valence-corrected chi connectivity index (χ3v) is 5.32. The molecule has 0 spiro atoms. The number of ether oxygens (including phenoxy) is 1. The largest absolute Gasteiger partial charge is 0.519 e. The molecule has 0 aliphatic rings. The number of thioether (sulfide) groups is 1. The highest BCUT2D eigenvalue weighted by atomic mass is 32.2. The summed E-state index contributed by atoms with van der Waals surface area (Å²) in [7, 11) is 0. The average molecular weight is 474 g/mol. The first-order chi connectivity index (χ1) is 15.2. The molecule has 2 N–H and O–H groups in total. The maximum atomic E-state index is 12.3. The lowest BCUT2D eigenvalue weighted by molar-refractivity contribution is -0.145. The van der Waals surface area contributed by atoms with E-state index in [1.54, 1.807) is 11.8 Å². The molecule has 0 aliphatic heterocycles. The monoisotopic (exact) mass is 473 g/mol. The number of hydrogen-bond acceptors (Lipinski definition) is 9. The Balaban J connectivity index is 2.32. The zero-order valence-electron chi connectivity index (χ0n) is 18.5. The highest BCUT2D eigenvalue weighted by Crippen LogP contribution is 2.14. The molecule has 0 saturated carbocycles. The average Bonchev–Trinajstić information content (AvgIpc) is 3.05. The van der Waals surface area contributed by atoms with Crippen molar-refractivity contribution in [3.05, 3.63) is 22.1 Å². The lowest BCUT2D eigenvalue weighted by Crippen LogP contribution is -2.34. The number of carbonyl (C=O) groups is 4. The third-order valence-electron chi connectivity index (χ3n) is 4.63. The van der Waals surface area contributed by atoms with Crippen LogP contribution < -0.4 is 11.1 Å². The molecule has 1 aromatic rings. The summed E-state index contributed by atoms with van der Waals surface area (Å²) >= 11 is 1.74. The van der Waals surface area contributed by atoms with Gasteiger partial charge in [-0.05, 0) is 38.2 Å². The van der Waals surface area contributed by atoms with Crippen LogP contribution in [0.5, 0.6) is 0 Å². The quantitative estimate of drug-likeness (QED) is 0.255. The molecule has 180 valence electrons. The lowest BCUT2D eigenvalue weighted by atomic mass is 9.95. The van der Waals surface area contributed by atoms with Gasteiger partial charge in [0.25, 0.3) is 0 Å². The second kappa shape index (κ2) is 15.3. The number of carboxylic acids is 1. The van der Waals surface area contributed by atoms with Crippen LogP contribution >= 0.6 is 11.8 Å². The van der Waals surface area contributed by atoms with Gasteiger partial charge in [-0.3, -0.25) is 19.2 Å². The van der Waals surface area contributed by atoms with Gasteiger partial charge >= 0.3 is 17.8 Å². The van der Waals surface area contributed by atoms with Gasteiger partial charge in [0, 0.05) is 25.8 Å². The van der Waals surface area contributed by atoms with Crippen LogP contribution in [0, 0.1) is 12.8 Å². The van der Waals surface area contributed by atoms with Crippen molar-refractivity contribution in [3.63, 3.8) is 0 Å². The number of ketones is 1. The number of Topliss-reactive ketones (excluding diaryl/α,β-unsaturated/α-hetero) is 1. The molecule has 1 heterocycles. The van der Waals surface area contributed by atoms with E-state index in [0.29, 0.717) is 6.42 Å². The maximum Gasteiger partial charge on any atom is 0.519 e. The summed E-state index contributed by atoms with van der Waals surface area (Å²) in [5.74, 6) is -2.77. The van der Waals surface area contributed by atoms with Gasteiger partial charge in [-0.25, -0.2) is 4.79 Å². The molecule has 0 aliphatic carbocycles. The summed E-state index contributed by atoms with van der Waals surface area (Å²) < 4.78 is 14.4. The van der Waals surface area contributed by atoms with Crippen molar-refractivity contribution in [2.45, 2.75) is 64.9 Å². The molecule has 1 aromatic heterocycles. The van der Waals surface area contributed by atoms with Crippen LogP contribution in [0.3, 0.4) is 0 Å². The van der Waals surface area contributed by atoms with Crippen molar-refractivity contribution >= 4 is 35.4 Å². The number of amides is 1. The fraction of sp³-hybridized carbons (Fsp3) is 0.667. The Morgan fingerprint density at radius 3 is 2.44 bits per heavy atom. The highest BCUT2D eigenvalue weighted by molar-refractivity contribution is 7.98. The molecule has 11 heteroatoms. The minimum atomic E-state index is -1.15. The number of carbonyl (C=O) groups excluding carboxylic acids is 3. The SMILES string of the molecule is CSCCCCCC(=O)C[C@@H](CC(=O)O)C(=O)NCCCC(=O)OCc1oc(=O)oc1C. The van der Waals surface area contributed by atoms with Gasteiger partial charge in [-0.15, -0.1) is 0 Å². The summed E-state index contributed by atoms with van der Waals surface area (Å²) in [5, 5.41) is 11.6. The van der Waals surface area contributed by atoms with E-state index in [1.807, 2.05) is 6.26 Å². The Labute approximate surface area is 190 Å². The predicted octanol–water partition coefficient (Wildman–Crippen LogP) is 2.45. The van der Waals surface area contributed by atoms with Crippen LogP contribution in [0.25, 0.3) is 0 Å². The van der Waals surface area contributed by atoms with E-state index < -0.39 is 36.0 Å². The topological polar surface area (TPSA) is 153 Å². The van der Waals surface area contributed by atoms with Crippen LogP contribution in [0.15, 0.2) is 13.6 Å². The summed E-state index contributed by atoms with van der Waals surface area (Å²) in [6.45, 7) is 1.41. The van der Waals surface area contributed by atoms with Crippen LogP contribution in [-0.2, 0) is 30.5 Å². The molecule has 1 atom stereocenters. The number of aliphatic carboxylic acids is 1. The zero-order chi connectivity index (χ0) is 23.9. The number of aryl methyl sites for hydroxylation is 1. The van der Waals surface area contributed by atoms with Crippen LogP contribution in [0.1, 0.15) is 62.9 Å². The summed E-state index contributed by atoms with van der Waals surface area (Å²) in [6, 6.07) is 0. The molecule has 0 fully saturated rings. The molecule has 0 bridgehead atoms. The van der Waals surface area contributed by atoms with Crippen molar-refractivity contribution in [2.75, 3.05) is 18.6 Å². The maximum absolute atomic E-state index is 12.3. The molecule has 32 heavy (non-hydrogen) atoms. The standard InChI is InChI=1S/C21H31NO9S/c1-14-17(31-21(28)30-14)13-29-19(26)8-6-9-22-20(27)15(12-18(24)25)11-16(23)7-4-3-5-10-32-2/h15H,3-13H2,1-2H3,(H,22,27)(H,24,25)/t15-/m0/s1. The van der Waals surface area contributed by atoms with E-state index >= 15 is 0 Å². The molecule has 10 nitrogen and oxygen atoms in total. The van der Waals surface area contributed by atoms with Gasteiger partial charge in [0.15, 0.2) is 18.1 Å². The highest BCUT2D eigenvalue weighted by Gasteiger charge is 2.24. The molecule has 1 rings (SSSR count). The Morgan fingerprint density at radius 2 is 1.81 bits per heavy atom. The lowest BCUT2D eigenvalue weighted by Gasteiger charge is -2.14. The van der Waals surface area contributed by atoms with E-state index in [2.05, 4.69) is 9.73 Å². The Hall–Kier alpha value is -2.56. The fourth-order valence-corrected chi connectivity index (χ4v) is 3.40. The third kappa shape index (κ3) is 11.7. The minimum absolute atomic E-state index is 0.0000152. The first-order valence-electron chi connectivity index (χ1n) is 10.5. The second-order valence-electron chi connectivity index (χ2n) is 7.33. The van der Waals surface area contributed by atoms with Gasteiger partial charge < -0.3 is 24.0 Å². The van der Waals surface area contributed by atoms with Gasteiger partial charge in [-0.2, -0.15) is 11.8 Å². The van der Waals surface area contributed by atoms with E-state index in [4.69, 9.17) is 14.3 Å². The number of rotatable bonds is 17. The van der Waals surface area contributed by atoms with Gasteiger partial charge in [0.05, 0.1) is 12.3 Å². The first-order valence-corrected chi connectivity index (χ1v) is 11.9. The van der Waals surface area contributed by atoms with Gasteiger partial charge in [0.1, 0.15) is 5.78 Å². The van der Waals surface area contributed by atoms with E-state index in [-0.39, 0.29) is 49.7 Å². The fourth-order valence-electron chi connectivity index (χ4n) is 2.90. The number of carboxylic acid groups (broad SMARTS) is 1. The van der Waals surface area contributed by atoms with Crippen molar-refractivity contribution in [3.8, 4) is 0 Å². The van der Waals surface area contributed by atoms with Gasteiger partial charge in [0.2, 0.25) is 5.91 Å². The van der Waals surface area contributed by atoms with Crippen LogP contribution in [0.2, 0.25) is 0 Å². The molecule has 1 amide bonds. The second-order valence-corrected chi connectivity index (χ2v) is 8.32. The Kier molecular flexibility index (Phi) is 13.1. The number of unbranched alkanes of at least 4 members (excludes halogenated alkanes) is 2. The van der Waals surface area contributed by atoms with E-state index in [1.165, 1.54) is 6.92 Å². The first kappa shape index (κ1) is 27.5. The Morgan fingerprint density at radius 1 is 1.06 bits per heavy atom. The summed E-state index contributed by atoms with van der Waals surface area (Å²) in [5.41, 5.74) is 0. The summed E-state index contributed by atoms with van der Waals surface area (Å²) in [4.78, 5) is 58.2. The predicted molar refractivity (Wildman–Crippen MR) is 116 cm³/mol. The van der Waals surface area contributed by atoms with Crippen LogP contribution in [-0.4, -0.2) is 47.3 Å². The normalized spacial score (nSPS) is 11.7. The zero-order valence-corrected chi connectivity index (χ0v) is 19.3.